The molecule has 2 rings (SSSR count). The van der Waals surface area contributed by atoms with Crippen LogP contribution in [0.5, 0.6) is 0 Å². The molecular formula is C6H4N3O2S. The van der Waals surface area contributed by atoms with Crippen LogP contribution in [0.2, 0.25) is 0 Å². The third kappa shape index (κ3) is 1.42. The molecular weight excluding hydrogens is 178 g/mol. The number of oxime groups is 1. The van der Waals surface area contributed by atoms with Crippen molar-refractivity contribution in [3.63, 3.8) is 0 Å². The van der Waals surface area contributed by atoms with Crippen LogP contribution in [0.25, 0.3) is 0 Å². The number of hydrogen-bond donors (Lipinski definition) is 1. The Morgan fingerprint density at radius 2 is 2.58 bits per heavy atom. The Morgan fingerprint density at radius 3 is 3.25 bits per heavy atom. The minimum atomic E-state index is 0.567. The first kappa shape index (κ1) is 7.23. The molecule has 0 aromatic heterocycles. The Labute approximate surface area is 73.0 Å². The molecule has 6 heteroatoms. The van der Waals surface area contributed by atoms with Gasteiger partial charge >= 0.3 is 0 Å². The molecule has 2 heterocycles. The van der Waals surface area contributed by atoms with Crippen molar-refractivity contribution in [3.05, 3.63) is 23.4 Å². The van der Waals surface area contributed by atoms with Crippen LogP contribution in [0.4, 0.5) is 0 Å². The van der Waals surface area contributed by atoms with Gasteiger partial charge in [0.2, 0.25) is 0 Å². The van der Waals surface area contributed by atoms with Crippen LogP contribution in [0.15, 0.2) is 28.2 Å². The molecule has 1 radical (unpaired) electrons. The van der Waals surface area contributed by atoms with Crippen LogP contribution in [0.3, 0.4) is 0 Å². The molecule has 0 unspecified atom stereocenters. The van der Waals surface area contributed by atoms with Gasteiger partial charge in [0.25, 0.3) is 0 Å². The van der Waals surface area contributed by atoms with Crippen LogP contribution in [-0.4, -0.2) is 12.1 Å². The normalized spacial score (nSPS) is 20.0. The van der Waals surface area contributed by atoms with Gasteiger partial charge in [0.15, 0.2) is 5.84 Å². The maximum atomic E-state index is 4.80. The van der Waals surface area contributed by atoms with Crippen LogP contribution >= 0.6 is 12.0 Å². The maximum Gasteiger partial charge on any atom is 0.170 e. The van der Waals surface area contributed by atoms with Crippen molar-refractivity contribution in [2.24, 2.45) is 10.1 Å². The van der Waals surface area contributed by atoms with E-state index in [0.29, 0.717) is 11.4 Å². The molecule has 0 aromatic carbocycles. The summed E-state index contributed by atoms with van der Waals surface area (Å²) in [7, 11) is 0. The minimum Gasteiger partial charge on any atom is -0.387 e. The number of aliphatic imine (C=N–C) groups is 1. The van der Waals surface area contributed by atoms with E-state index in [2.05, 4.69) is 25.3 Å². The summed E-state index contributed by atoms with van der Waals surface area (Å²) in [4.78, 5) is 8.79. The second-order valence-electron chi connectivity index (χ2n) is 1.89. The molecule has 0 saturated heterocycles. The third-order valence-corrected chi connectivity index (χ3v) is 1.62. The molecule has 0 bridgehead atoms. The topological polar surface area (TPSA) is 55.2 Å². The summed E-state index contributed by atoms with van der Waals surface area (Å²) in [5.41, 5.74) is 3.30. The van der Waals surface area contributed by atoms with Crippen molar-refractivity contribution in [2.75, 3.05) is 0 Å². The van der Waals surface area contributed by atoms with Gasteiger partial charge < -0.3 is 9.12 Å². The summed E-state index contributed by atoms with van der Waals surface area (Å²) in [6, 6.07) is 0. The standard InChI is InChI=1S/C6H4N3O2S/c1-2-10-9-6(7-1)5-3-8-11-12-4-5/h1-3H,(H,7,9). The van der Waals surface area contributed by atoms with E-state index in [-0.39, 0.29) is 0 Å². The third-order valence-electron chi connectivity index (χ3n) is 1.16. The first-order chi connectivity index (χ1) is 5.97. The van der Waals surface area contributed by atoms with Gasteiger partial charge in [-0.3, -0.25) is 0 Å². The molecule has 0 spiro atoms. The SMILES string of the molecule is [C]1=C(C2=NC=CON2)C=NOS1. The van der Waals surface area contributed by atoms with Gasteiger partial charge in [-0.15, -0.1) is 0 Å². The minimum absolute atomic E-state index is 0.567. The number of hydrogen-bond acceptors (Lipinski definition) is 6. The lowest BCUT2D eigenvalue weighted by Gasteiger charge is -2.11. The van der Waals surface area contributed by atoms with Gasteiger partial charge in [-0.2, -0.15) is 0 Å². The Hall–Kier alpha value is -1.43. The number of rotatable bonds is 1. The number of amidine groups is 1. The summed E-state index contributed by atoms with van der Waals surface area (Å²) in [6.07, 6.45) is 4.48. The first-order valence-electron chi connectivity index (χ1n) is 3.11. The van der Waals surface area contributed by atoms with Crippen molar-refractivity contribution in [3.8, 4) is 0 Å². The smallest absolute Gasteiger partial charge is 0.170 e. The van der Waals surface area contributed by atoms with Gasteiger partial charge in [0, 0.05) is 0 Å². The Balaban J connectivity index is 2.17. The molecule has 5 nitrogen and oxygen atoms in total. The fourth-order valence-corrected chi connectivity index (χ4v) is 1.03. The summed E-state index contributed by atoms with van der Waals surface area (Å²) in [5.74, 6) is 0.567. The zero-order valence-corrected chi connectivity index (χ0v) is 6.67. The molecule has 2 aliphatic heterocycles. The van der Waals surface area contributed by atoms with Crippen molar-refractivity contribution < 1.29 is 9.12 Å². The largest absolute Gasteiger partial charge is 0.387 e. The fraction of sp³-hybridized carbons (Fsp3) is 0. The van der Waals surface area contributed by atoms with E-state index >= 15 is 0 Å². The lowest BCUT2D eigenvalue weighted by Crippen LogP contribution is -2.26. The lowest BCUT2D eigenvalue weighted by atomic mass is 10.3. The molecule has 12 heavy (non-hydrogen) atoms. The monoisotopic (exact) mass is 182 g/mol. The molecule has 61 valence electrons. The zero-order chi connectivity index (χ0) is 8.23. The van der Waals surface area contributed by atoms with Gasteiger partial charge in [-0.25, -0.2) is 10.5 Å². The van der Waals surface area contributed by atoms with Crippen LogP contribution in [0.1, 0.15) is 0 Å². The quantitative estimate of drug-likeness (QED) is 0.608. The highest BCUT2D eigenvalue weighted by Gasteiger charge is 2.10. The molecule has 0 fully saturated rings. The Kier molecular flexibility index (Phi) is 2.00. The summed E-state index contributed by atoms with van der Waals surface area (Å²) in [5, 5.41) is 6.42. The Bertz CT molecular complexity index is 295. The van der Waals surface area contributed by atoms with Gasteiger partial charge in [-0.1, -0.05) is 5.16 Å². The van der Waals surface area contributed by atoms with Crippen molar-refractivity contribution in [1.82, 2.24) is 5.48 Å². The van der Waals surface area contributed by atoms with Crippen LogP contribution in [0, 0.1) is 5.41 Å². The molecule has 2 aliphatic rings. The summed E-state index contributed by atoms with van der Waals surface area (Å²) >= 11 is 1.01. The zero-order valence-electron chi connectivity index (χ0n) is 5.85. The average molecular weight is 182 g/mol. The highest BCUT2D eigenvalue weighted by atomic mass is 32.2. The van der Waals surface area contributed by atoms with E-state index in [0.717, 1.165) is 12.0 Å². The van der Waals surface area contributed by atoms with Crippen molar-refractivity contribution in [1.29, 1.82) is 0 Å². The maximum absolute atomic E-state index is 4.80. The summed E-state index contributed by atoms with van der Waals surface area (Å²) < 4.78 is 4.60. The van der Waals surface area contributed by atoms with Gasteiger partial charge in [0.1, 0.15) is 18.3 Å². The van der Waals surface area contributed by atoms with Gasteiger partial charge in [0.05, 0.1) is 23.4 Å². The highest BCUT2D eigenvalue weighted by molar-refractivity contribution is 7.96. The van der Waals surface area contributed by atoms with Gasteiger partial charge in [-0.05, 0) is 0 Å². The molecule has 0 aromatic rings. The van der Waals surface area contributed by atoms with E-state index in [1.807, 2.05) is 0 Å². The van der Waals surface area contributed by atoms with E-state index < -0.39 is 0 Å². The number of hydroxylamine groups is 1. The van der Waals surface area contributed by atoms with E-state index in [1.54, 1.807) is 0 Å². The average Bonchev–Trinajstić information content (AvgIpc) is 2.21. The molecule has 1 N–H and O–H groups in total. The van der Waals surface area contributed by atoms with Crippen molar-refractivity contribution >= 4 is 24.1 Å². The molecule has 0 atom stereocenters. The lowest BCUT2D eigenvalue weighted by molar-refractivity contribution is 0.189. The summed E-state index contributed by atoms with van der Waals surface area (Å²) in [6.45, 7) is 0. The number of nitrogens with zero attached hydrogens (tertiary/aromatic N) is 2. The second-order valence-corrected chi connectivity index (χ2v) is 2.41. The number of nitrogens with one attached hydrogen (secondary N) is 1. The first-order valence-corrected chi connectivity index (χ1v) is 3.85. The highest BCUT2D eigenvalue weighted by Crippen LogP contribution is 2.13. The molecule has 0 saturated carbocycles. The molecule has 0 aliphatic carbocycles. The predicted molar refractivity (Wildman–Crippen MR) is 44.7 cm³/mol. The Morgan fingerprint density at radius 1 is 1.58 bits per heavy atom. The fourth-order valence-electron chi connectivity index (χ4n) is 0.671. The van der Waals surface area contributed by atoms with Crippen LogP contribution in [-0.2, 0) is 9.12 Å². The van der Waals surface area contributed by atoms with E-state index in [4.69, 9.17) is 4.84 Å². The van der Waals surface area contributed by atoms with Crippen molar-refractivity contribution in [2.45, 2.75) is 0 Å². The van der Waals surface area contributed by atoms with Crippen LogP contribution < -0.4 is 5.48 Å². The van der Waals surface area contributed by atoms with E-state index in [1.165, 1.54) is 18.7 Å². The second kappa shape index (κ2) is 3.31. The predicted octanol–water partition coefficient (Wildman–Crippen LogP) is 0.742. The van der Waals surface area contributed by atoms with E-state index in [9.17, 15) is 0 Å². The molecule has 0 amide bonds.